The van der Waals surface area contributed by atoms with Crippen LogP contribution in [0.15, 0.2) is 79.1 Å². The molecule has 205 valence electrons. The summed E-state index contributed by atoms with van der Waals surface area (Å²) in [5.74, 6) is 0.417. The van der Waals surface area contributed by atoms with Crippen LogP contribution in [-0.4, -0.2) is 64.2 Å². The molecule has 4 aromatic rings. The Morgan fingerprint density at radius 1 is 1.10 bits per heavy atom. The maximum absolute atomic E-state index is 13.4. The summed E-state index contributed by atoms with van der Waals surface area (Å²) in [6, 6.07) is 21.0. The van der Waals surface area contributed by atoms with Crippen LogP contribution in [0.5, 0.6) is 5.75 Å². The molecule has 2 aromatic heterocycles. The van der Waals surface area contributed by atoms with Gasteiger partial charge in [0.05, 0.1) is 5.52 Å². The third-order valence-corrected chi connectivity index (χ3v) is 8.03. The van der Waals surface area contributed by atoms with E-state index in [-0.39, 0.29) is 16.9 Å². The van der Waals surface area contributed by atoms with Crippen molar-refractivity contribution in [1.29, 1.82) is 0 Å². The van der Waals surface area contributed by atoms with E-state index in [1.54, 1.807) is 36.7 Å². The van der Waals surface area contributed by atoms with Crippen molar-refractivity contribution in [3.63, 3.8) is 0 Å². The molecule has 3 heterocycles. The fourth-order valence-electron chi connectivity index (χ4n) is 5.41. The van der Waals surface area contributed by atoms with Gasteiger partial charge in [-0.1, -0.05) is 18.2 Å². The number of piperidine rings is 1. The van der Waals surface area contributed by atoms with Crippen molar-refractivity contribution < 1.29 is 18.4 Å². The number of hydrogen-bond donors (Lipinski definition) is 2. The number of aryl methyl sites for hydroxylation is 1. The molecule has 9 heteroatoms. The van der Waals surface area contributed by atoms with Gasteiger partial charge in [-0.2, -0.15) is 0 Å². The van der Waals surface area contributed by atoms with Gasteiger partial charge in [0, 0.05) is 11.1 Å². The molecule has 0 aliphatic carbocycles. The van der Waals surface area contributed by atoms with Gasteiger partial charge in [0.25, 0.3) is 0 Å². The van der Waals surface area contributed by atoms with Crippen molar-refractivity contribution in [2.24, 2.45) is 0 Å². The minimum Gasteiger partial charge on any atom is -0.253 e. The second-order valence-corrected chi connectivity index (χ2v) is 11.8. The summed E-state index contributed by atoms with van der Waals surface area (Å²) in [7, 11) is 0. The SMILES string of the molecule is Cc1cc(COc2ccc(C(=O)NC3(CC(=O)[As]O)CCCN(Cc4ccncc4)C3)cc2)c2ccccc2n1. The second-order valence-electron chi connectivity index (χ2n) is 10.3. The predicted molar refractivity (Wildman–Crippen MR) is 154 cm³/mol. The first-order valence-corrected chi connectivity index (χ1v) is 15.1. The number of pyridine rings is 2. The number of nitrogens with one attached hydrogen (secondary N) is 1. The number of carbonyl (C=O) groups is 2. The molecule has 40 heavy (non-hydrogen) atoms. The molecular weight excluding hydrogens is 567 g/mol. The van der Waals surface area contributed by atoms with E-state index in [0.29, 0.717) is 37.4 Å². The largest absolute Gasteiger partial charge is 0.253 e. The van der Waals surface area contributed by atoms with E-state index in [2.05, 4.69) is 20.2 Å². The number of likely N-dealkylation sites (tertiary alicyclic amines) is 1. The number of hydrogen-bond acceptors (Lipinski definition) is 7. The van der Waals surface area contributed by atoms with Crippen molar-refractivity contribution in [3.05, 3.63) is 102 Å². The van der Waals surface area contributed by atoms with Gasteiger partial charge in [-0.3, -0.25) is 4.98 Å². The van der Waals surface area contributed by atoms with E-state index < -0.39 is 21.6 Å². The third-order valence-electron chi connectivity index (χ3n) is 7.23. The van der Waals surface area contributed by atoms with E-state index in [4.69, 9.17) is 4.74 Å². The molecule has 1 amide bonds. The van der Waals surface area contributed by atoms with Crippen LogP contribution < -0.4 is 10.1 Å². The summed E-state index contributed by atoms with van der Waals surface area (Å²) in [5, 5.41) is 4.23. The van der Waals surface area contributed by atoms with E-state index >= 15 is 0 Å². The third kappa shape index (κ3) is 6.94. The molecule has 2 N–H and O–H groups in total. The van der Waals surface area contributed by atoms with Crippen LogP contribution in [0, 0.1) is 6.92 Å². The molecule has 2 aromatic carbocycles. The molecule has 1 saturated heterocycles. The number of aromatic nitrogens is 2. The molecule has 1 aliphatic rings. The van der Waals surface area contributed by atoms with Gasteiger partial charge in [0.15, 0.2) is 0 Å². The summed E-state index contributed by atoms with van der Waals surface area (Å²) >= 11 is -1.39. The normalized spacial score (nSPS) is 17.8. The van der Waals surface area contributed by atoms with Gasteiger partial charge in [-0.15, -0.1) is 0 Å². The first-order valence-electron chi connectivity index (χ1n) is 13.3. The van der Waals surface area contributed by atoms with Gasteiger partial charge < -0.3 is 0 Å². The van der Waals surface area contributed by atoms with Crippen molar-refractivity contribution in [3.8, 4) is 5.75 Å². The average Bonchev–Trinajstić information content (AvgIpc) is 2.96. The maximum Gasteiger partial charge on any atom is 0.0709 e. The number of nitrogens with zero attached hydrogens (tertiary/aromatic N) is 3. The van der Waals surface area contributed by atoms with Crippen LogP contribution in [0.1, 0.15) is 46.4 Å². The first-order chi connectivity index (χ1) is 19.4. The Bertz CT molecular complexity index is 1480. The first kappa shape index (κ1) is 28.0. The molecule has 8 nitrogen and oxygen atoms in total. The van der Waals surface area contributed by atoms with Crippen molar-refractivity contribution in [1.82, 2.24) is 20.2 Å². The quantitative estimate of drug-likeness (QED) is 0.267. The predicted octanol–water partition coefficient (Wildman–Crippen LogP) is 3.81. The van der Waals surface area contributed by atoms with Crippen LogP contribution in [-0.2, 0) is 17.9 Å². The number of rotatable bonds is 10. The Morgan fingerprint density at radius 3 is 2.65 bits per heavy atom. The minimum absolute atomic E-state index is 0.128. The number of ether oxygens (including phenoxy) is 1. The maximum atomic E-state index is 13.4. The number of amides is 1. The Labute approximate surface area is 240 Å². The number of carbonyl (C=O) groups excluding carboxylic acids is 2. The van der Waals surface area contributed by atoms with Gasteiger partial charge in [0.2, 0.25) is 0 Å². The average molecular weight is 600 g/mol. The van der Waals surface area contributed by atoms with Crippen molar-refractivity contribution >= 4 is 37.5 Å². The fraction of sp³-hybridized carbons (Fsp3) is 0.290. The molecule has 0 saturated carbocycles. The zero-order valence-electron chi connectivity index (χ0n) is 22.4. The molecule has 1 atom stereocenters. The molecule has 5 rings (SSSR count). The van der Waals surface area contributed by atoms with Crippen LogP contribution in [0.25, 0.3) is 10.9 Å². The van der Waals surface area contributed by atoms with Gasteiger partial charge in [-0.05, 0) is 19.1 Å². The van der Waals surface area contributed by atoms with Crippen LogP contribution in [0.4, 0.5) is 0 Å². The minimum atomic E-state index is -1.39. The van der Waals surface area contributed by atoms with E-state index in [1.807, 2.05) is 49.4 Å². The van der Waals surface area contributed by atoms with E-state index in [9.17, 15) is 13.7 Å². The molecule has 0 spiro atoms. The topological polar surface area (TPSA) is 105 Å². The zero-order chi connectivity index (χ0) is 28.0. The summed E-state index contributed by atoms with van der Waals surface area (Å²) in [5.41, 5.74) is 3.81. The van der Waals surface area contributed by atoms with Gasteiger partial charge in [0.1, 0.15) is 0 Å². The molecule has 1 unspecified atom stereocenters. The van der Waals surface area contributed by atoms with E-state index in [0.717, 1.165) is 40.7 Å². The Kier molecular flexibility index (Phi) is 8.90. The Morgan fingerprint density at radius 2 is 1.88 bits per heavy atom. The van der Waals surface area contributed by atoms with Crippen LogP contribution in [0.2, 0.25) is 0 Å². The van der Waals surface area contributed by atoms with E-state index in [1.165, 1.54) is 0 Å². The summed E-state index contributed by atoms with van der Waals surface area (Å²) < 4.78 is 15.4. The molecule has 1 fully saturated rings. The molecular formula is C31H32AsN4O4. The summed E-state index contributed by atoms with van der Waals surface area (Å²) in [6.07, 6.45) is 5.18. The summed E-state index contributed by atoms with van der Waals surface area (Å²) in [6.45, 7) is 4.47. The van der Waals surface area contributed by atoms with Crippen LogP contribution in [0.3, 0.4) is 0 Å². The van der Waals surface area contributed by atoms with Gasteiger partial charge >= 0.3 is 182 Å². The zero-order valence-corrected chi connectivity index (χ0v) is 24.3. The van der Waals surface area contributed by atoms with Gasteiger partial charge in [-0.25, -0.2) is 0 Å². The summed E-state index contributed by atoms with van der Waals surface area (Å²) in [4.78, 5) is 36.7. The van der Waals surface area contributed by atoms with Crippen molar-refractivity contribution in [2.75, 3.05) is 13.1 Å². The standard InChI is InChI=1S/C31H32AsN4O4/c1-22-17-25(27-5-2-3-6-28(27)34-22)20-40-26-9-7-24(8-10-26)30(38)35-31(18-29(37)32-39)13-4-16-36(21-31)19-23-11-14-33-15-12-23/h2-3,5-12,14-15,17,39H,4,13,16,18-21H2,1H3,(H,35,38). The fourth-order valence-corrected chi connectivity index (χ4v) is 6.20. The molecule has 1 aliphatic heterocycles. The van der Waals surface area contributed by atoms with Crippen molar-refractivity contribution in [2.45, 2.75) is 44.9 Å². The molecule has 1 radical (unpaired) electrons. The number of fused-ring (bicyclic) bond motifs is 1. The molecule has 0 bridgehead atoms. The van der Waals surface area contributed by atoms with Crippen LogP contribution >= 0.6 is 0 Å². The Balaban J connectivity index is 1.26. The Hall–Kier alpha value is -3.58. The number of para-hydroxylation sites is 1. The number of benzene rings is 2. The second kappa shape index (κ2) is 12.7. The smallest absolute Gasteiger partial charge is 0.0709 e. The monoisotopic (exact) mass is 599 g/mol.